The highest BCUT2D eigenvalue weighted by molar-refractivity contribution is 7.97. The molecule has 0 saturated carbocycles. The van der Waals surface area contributed by atoms with Gasteiger partial charge in [0.2, 0.25) is 0 Å². The van der Waals surface area contributed by atoms with Crippen molar-refractivity contribution in [2.75, 3.05) is 26.2 Å². The van der Waals surface area contributed by atoms with Crippen molar-refractivity contribution in [1.82, 2.24) is 4.90 Å². The first-order valence-electron chi connectivity index (χ1n) is 6.70. The average Bonchev–Trinajstić information content (AvgIpc) is 2.45. The van der Waals surface area contributed by atoms with E-state index >= 15 is 0 Å². The smallest absolute Gasteiger partial charge is 0.119 e. The number of benzene rings is 1. The lowest BCUT2D eigenvalue weighted by molar-refractivity contribution is 0.205. The van der Waals surface area contributed by atoms with Gasteiger partial charge in [0.1, 0.15) is 5.75 Å². The fraction of sp³-hybridized carbons (Fsp3) is 0.571. The summed E-state index contributed by atoms with van der Waals surface area (Å²) in [4.78, 5) is 3.61. The number of piperidine rings is 1. The van der Waals surface area contributed by atoms with Gasteiger partial charge in [0.15, 0.2) is 0 Å². The van der Waals surface area contributed by atoms with E-state index in [9.17, 15) is 0 Å². The van der Waals surface area contributed by atoms with Crippen LogP contribution in [0.4, 0.5) is 0 Å². The highest BCUT2D eigenvalue weighted by Gasteiger charge is 2.08. The summed E-state index contributed by atoms with van der Waals surface area (Å²) in [6.07, 6.45) is 5.23. The highest BCUT2D eigenvalue weighted by atomic mass is 32.2. The first kappa shape index (κ1) is 13.7. The van der Waals surface area contributed by atoms with Crippen LogP contribution >= 0.6 is 11.9 Å². The average molecular weight is 266 g/mol. The predicted molar refractivity (Wildman–Crippen MR) is 76.9 cm³/mol. The number of rotatable bonds is 6. The van der Waals surface area contributed by atoms with Crippen LogP contribution in [0, 0.1) is 0 Å². The molecule has 1 saturated heterocycles. The lowest BCUT2D eigenvalue weighted by Crippen LogP contribution is -2.31. The molecule has 2 N–H and O–H groups in total. The van der Waals surface area contributed by atoms with Crippen LogP contribution in [0.25, 0.3) is 0 Å². The number of nitrogens with two attached hydrogens (primary N) is 1. The Hall–Kier alpha value is -0.710. The molecule has 1 aliphatic rings. The van der Waals surface area contributed by atoms with Gasteiger partial charge in [0, 0.05) is 11.4 Å². The van der Waals surface area contributed by atoms with E-state index in [0.717, 1.165) is 30.2 Å². The van der Waals surface area contributed by atoms with Crippen LogP contribution in [0.1, 0.15) is 25.7 Å². The molecule has 0 aromatic heterocycles. The fourth-order valence-corrected chi connectivity index (χ4v) is 2.57. The third-order valence-corrected chi connectivity index (χ3v) is 3.84. The summed E-state index contributed by atoms with van der Waals surface area (Å²) in [5, 5.41) is 5.47. The Bertz CT molecular complexity index is 336. The molecule has 0 unspecified atom stereocenters. The van der Waals surface area contributed by atoms with Crippen LogP contribution in [0.15, 0.2) is 29.2 Å². The maximum absolute atomic E-state index is 5.72. The lowest BCUT2D eigenvalue weighted by atomic mass is 10.1. The van der Waals surface area contributed by atoms with Crippen LogP contribution in [0.3, 0.4) is 0 Å². The van der Waals surface area contributed by atoms with Gasteiger partial charge in [-0.25, -0.2) is 0 Å². The molecule has 0 radical (unpaired) electrons. The molecule has 1 aromatic carbocycles. The number of likely N-dealkylation sites (tertiary alicyclic amines) is 1. The number of hydrogen-bond donors (Lipinski definition) is 1. The van der Waals surface area contributed by atoms with E-state index in [1.54, 1.807) is 0 Å². The summed E-state index contributed by atoms with van der Waals surface area (Å²) < 4.78 is 5.72. The maximum Gasteiger partial charge on any atom is 0.119 e. The Labute approximate surface area is 114 Å². The van der Waals surface area contributed by atoms with Crippen molar-refractivity contribution in [3.63, 3.8) is 0 Å². The second-order valence-corrected chi connectivity index (χ2v) is 5.40. The van der Waals surface area contributed by atoms with Gasteiger partial charge in [0.05, 0.1) is 6.61 Å². The quantitative estimate of drug-likeness (QED) is 0.635. The van der Waals surface area contributed by atoms with Gasteiger partial charge >= 0.3 is 0 Å². The van der Waals surface area contributed by atoms with Crippen molar-refractivity contribution in [3.8, 4) is 5.75 Å². The Balaban J connectivity index is 1.62. The summed E-state index contributed by atoms with van der Waals surface area (Å²) >= 11 is 1.26. The van der Waals surface area contributed by atoms with Crippen molar-refractivity contribution in [2.24, 2.45) is 5.14 Å². The minimum atomic E-state index is 0.797. The standard InChI is InChI=1S/C14H22N2OS/c15-18-14-7-5-13(6-8-14)17-12-4-11-16-9-2-1-3-10-16/h5-8H,1-4,9-12,15H2. The van der Waals surface area contributed by atoms with E-state index in [2.05, 4.69) is 4.90 Å². The normalized spacial score (nSPS) is 16.7. The molecule has 0 atom stereocenters. The van der Waals surface area contributed by atoms with Crippen molar-refractivity contribution >= 4 is 11.9 Å². The number of nitrogens with zero attached hydrogens (tertiary/aromatic N) is 1. The van der Waals surface area contributed by atoms with Crippen molar-refractivity contribution in [3.05, 3.63) is 24.3 Å². The molecule has 18 heavy (non-hydrogen) atoms. The molecule has 100 valence electrons. The van der Waals surface area contributed by atoms with Gasteiger partial charge in [-0.1, -0.05) is 6.42 Å². The summed E-state index contributed by atoms with van der Waals surface area (Å²) in [5.74, 6) is 0.937. The number of ether oxygens (including phenoxy) is 1. The monoisotopic (exact) mass is 266 g/mol. The zero-order valence-electron chi connectivity index (χ0n) is 10.8. The Morgan fingerprint density at radius 3 is 2.50 bits per heavy atom. The molecule has 1 fully saturated rings. The van der Waals surface area contributed by atoms with Gasteiger partial charge in [-0.3, -0.25) is 5.14 Å². The van der Waals surface area contributed by atoms with E-state index in [4.69, 9.17) is 9.88 Å². The summed E-state index contributed by atoms with van der Waals surface area (Å²) in [5.41, 5.74) is 0. The number of hydrogen-bond acceptors (Lipinski definition) is 4. The fourth-order valence-electron chi connectivity index (χ4n) is 2.28. The van der Waals surface area contributed by atoms with Gasteiger partial charge in [-0.2, -0.15) is 0 Å². The Kier molecular flexibility index (Phi) is 5.84. The Morgan fingerprint density at radius 1 is 1.11 bits per heavy atom. The maximum atomic E-state index is 5.72. The molecule has 1 aromatic rings. The van der Waals surface area contributed by atoms with Crippen LogP contribution in [-0.4, -0.2) is 31.1 Å². The second-order valence-electron chi connectivity index (χ2n) is 4.69. The topological polar surface area (TPSA) is 38.5 Å². The SMILES string of the molecule is NSc1ccc(OCCCN2CCCCC2)cc1. The Morgan fingerprint density at radius 2 is 1.83 bits per heavy atom. The van der Waals surface area contributed by atoms with Gasteiger partial charge < -0.3 is 9.64 Å². The van der Waals surface area contributed by atoms with E-state index in [1.165, 1.54) is 44.3 Å². The largest absolute Gasteiger partial charge is 0.494 e. The van der Waals surface area contributed by atoms with Gasteiger partial charge in [-0.15, -0.1) is 0 Å². The van der Waals surface area contributed by atoms with Crippen molar-refractivity contribution in [2.45, 2.75) is 30.6 Å². The molecular formula is C14H22N2OS. The molecule has 0 amide bonds. The third-order valence-electron chi connectivity index (χ3n) is 3.30. The molecule has 4 heteroatoms. The molecule has 3 nitrogen and oxygen atoms in total. The summed E-state index contributed by atoms with van der Waals surface area (Å²) in [6, 6.07) is 7.95. The zero-order valence-corrected chi connectivity index (χ0v) is 11.6. The first-order chi connectivity index (χ1) is 8.88. The lowest BCUT2D eigenvalue weighted by Gasteiger charge is -2.26. The van der Waals surface area contributed by atoms with E-state index in [-0.39, 0.29) is 0 Å². The van der Waals surface area contributed by atoms with Crippen LogP contribution in [-0.2, 0) is 0 Å². The first-order valence-corrected chi connectivity index (χ1v) is 7.58. The van der Waals surface area contributed by atoms with Crippen LogP contribution in [0.5, 0.6) is 5.75 Å². The minimum absolute atomic E-state index is 0.797. The summed E-state index contributed by atoms with van der Waals surface area (Å²) in [7, 11) is 0. The molecular weight excluding hydrogens is 244 g/mol. The van der Waals surface area contributed by atoms with Crippen molar-refractivity contribution in [1.29, 1.82) is 0 Å². The minimum Gasteiger partial charge on any atom is -0.494 e. The van der Waals surface area contributed by atoms with Crippen LogP contribution < -0.4 is 9.88 Å². The van der Waals surface area contributed by atoms with E-state index in [1.807, 2.05) is 24.3 Å². The van der Waals surface area contributed by atoms with Crippen molar-refractivity contribution < 1.29 is 4.74 Å². The molecule has 0 spiro atoms. The molecule has 1 aliphatic heterocycles. The summed E-state index contributed by atoms with van der Waals surface area (Å²) in [6.45, 7) is 4.49. The third kappa shape index (κ3) is 4.52. The highest BCUT2D eigenvalue weighted by Crippen LogP contribution is 2.17. The van der Waals surface area contributed by atoms with Crippen LogP contribution in [0.2, 0.25) is 0 Å². The molecule has 1 heterocycles. The zero-order chi connectivity index (χ0) is 12.6. The molecule has 0 bridgehead atoms. The van der Waals surface area contributed by atoms with E-state index < -0.39 is 0 Å². The molecule has 0 aliphatic carbocycles. The van der Waals surface area contributed by atoms with Gasteiger partial charge in [-0.05, 0) is 68.6 Å². The van der Waals surface area contributed by atoms with Gasteiger partial charge in [0.25, 0.3) is 0 Å². The predicted octanol–water partition coefficient (Wildman–Crippen LogP) is 2.91. The second kappa shape index (κ2) is 7.67. The van der Waals surface area contributed by atoms with E-state index in [0.29, 0.717) is 0 Å². The molecule has 2 rings (SSSR count).